The van der Waals surface area contributed by atoms with Crippen molar-refractivity contribution in [2.75, 3.05) is 20.3 Å². The normalized spacial score (nSPS) is 15.9. The molecule has 2 aromatic heterocycles. The van der Waals surface area contributed by atoms with Gasteiger partial charge in [0.2, 0.25) is 0 Å². The van der Waals surface area contributed by atoms with Crippen LogP contribution in [0, 0.1) is 0 Å². The summed E-state index contributed by atoms with van der Waals surface area (Å²) in [6.45, 7) is 1.45. The molecule has 0 atom stereocenters. The Morgan fingerprint density at radius 3 is 3.18 bits per heavy atom. The Kier molecular flexibility index (Phi) is 2.82. The Labute approximate surface area is 104 Å². The van der Waals surface area contributed by atoms with Crippen molar-refractivity contribution >= 4 is 27.1 Å². The number of nitrogens with zero attached hydrogens (tertiary/aromatic N) is 1. The highest BCUT2D eigenvalue weighted by Crippen LogP contribution is 2.32. The largest absolute Gasteiger partial charge is 0.495 e. The molecule has 1 aliphatic rings. The van der Waals surface area contributed by atoms with Crippen LogP contribution in [0.2, 0.25) is 0 Å². The minimum atomic E-state index is 0.645. The highest BCUT2D eigenvalue weighted by atomic mass is 32.1. The SMILES string of the molecule is COc1cc(C2=CCCOC2)nc2ccsc12. The Morgan fingerprint density at radius 2 is 2.41 bits per heavy atom. The van der Waals surface area contributed by atoms with Crippen molar-refractivity contribution in [1.82, 2.24) is 4.98 Å². The summed E-state index contributed by atoms with van der Waals surface area (Å²) in [5.74, 6) is 0.895. The molecule has 0 radical (unpaired) electrons. The standard InChI is InChI=1S/C13H13NO2S/c1-15-12-7-11(9-3-2-5-16-8-9)14-10-4-6-17-13(10)12/h3-4,6-7H,2,5,8H2,1H3. The number of rotatable bonds is 2. The summed E-state index contributed by atoms with van der Waals surface area (Å²) in [4.78, 5) is 4.65. The molecule has 0 N–H and O–H groups in total. The number of hydrogen-bond donors (Lipinski definition) is 0. The van der Waals surface area contributed by atoms with E-state index in [1.807, 2.05) is 17.5 Å². The van der Waals surface area contributed by atoms with Crippen molar-refractivity contribution in [1.29, 1.82) is 0 Å². The van der Waals surface area contributed by atoms with Crippen molar-refractivity contribution in [3.05, 3.63) is 29.3 Å². The number of hydrogen-bond acceptors (Lipinski definition) is 4. The number of methoxy groups -OCH3 is 1. The molecule has 17 heavy (non-hydrogen) atoms. The van der Waals surface area contributed by atoms with Crippen molar-refractivity contribution in [3.8, 4) is 5.75 Å². The van der Waals surface area contributed by atoms with Crippen LogP contribution in [0.3, 0.4) is 0 Å². The van der Waals surface area contributed by atoms with Gasteiger partial charge in [0.1, 0.15) is 5.75 Å². The van der Waals surface area contributed by atoms with Crippen LogP contribution in [0.5, 0.6) is 5.75 Å². The fraction of sp³-hybridized carbons (Fsp3) is 0.308. The van der Waals surface area contributed by atoms with Crippen molar-refractivity contribution in [2.45, 2.75) is 6.42 Å². The van der Waals surface area contributed by atoms with Crippen LogP contribution in [0.4, 0.5) is 0 Å². The topological polar surface area (TPSA) is 31.4 Å². The summed E-state index contributed by atoms with van der Waals surface area (Å²) in [5, 5.41) is 2.04. The minimum absolute atomic E-state index is 0.645. The van der Waals surface area contributed by atoms with Gasteiger partial charge in [0.15, 0.2) is 0 Å². The molecular formula is C13H13NO2S. The van der Waals surface area contributed by atoms with Gasteiger partial charge < -0.3 is 9.47 Å². The molecule has 4 heteroatoms. The first-order chi connectivity index (χ1) is 8.38. The van der Waals surface area contributed by atoms with Crippen molar-refractivity contribution in [3.63, 3.8) is 0 Å². The van der Waals surface area contributed by atoms with E-state index in [1.165, 1.54) is 0 Å². The van der Waals surface area contributed by atoms with Gasteiger partial charge in [-0.25, -0.2) is 4.98 Å². The Bertz CT molecular complexity index is 574. The lowest BCUT2D eigenvalue weighted by Crippen LogP contribution is -2.06. The molecule has 88 valence electrons. The van der Waals surface area contributed by atoms with Crippen LogP contribution in [0.15, 0.2) is 23.6 Å². The molecule has 0 amide bonds. The quantitative estimate of drug-likeness (QED) is 0.817. The maximum absolute atomic E-state index is 5.46. The third-order valence-electron chi connectivity index (χ3n) is 2.84. The average Bonchev–Trinajstić information content (AvgIpc) is 2.86. The molecule has 0 saturated carbocycles. The van der Waals surface area contributed by atoms with Gasteiger partial charge >= 0.3 is 0 Å². The third kappa shape index (κ3) is 1.94. The molecule has 0 fully saturated rings. The van der Waals surface area contributed by atoms with E-state index in [9.17, 15) is 0 Å². The minimum Gasteiger partial charge on any atom is -0.495 e. The van der Waals surface area contributed by atoms with E-state index in [-0.39, 0.29) is 0 Å². The van der Waals surface area contributed by atoms with E-state index in [1.54, 1.807) is 18.4 Å². The maximum atomic E-state index is 5.46. The molecule has 0 aromatic carbocycles. The second kappa shape index (κ2) is 4.47. The van der Waals surface area contributed by atoms with Crippen LogP contribution >= 0.6 is 11.3 Å². The van der Waals surface area contributed by atoms with Gasteiger partial charge in [-0.1, -0.05) is 6.08 Å². The molecule has 0 bridgehead atoms. The lowest BCUT2D eigenvalue weighted by Gasteiger charge is -2.14. The number of pyridine rings is 1. The predicted molar refractivity (Wildman–Crippen MR) is 69.6 cm³/mol. The molecule has 0 spiro atoms. The second-order valence-electron chi connectivity index (χ2n) is 3.92. The lowest BCUT2D eigenvalue weighted by molar-refractivity contribution is 0.164. The molecule has 0 saturated heterocycles. The zero-order chi connectivity index (χ0) is 11.7. The Morgan fingerprint density at radius 1 is 1.47 bits per heavy atom. The third-order valence-corrected chi connectivity index (χ3v) is 3.75. The smallest absolute Gasteiger partial charge is 0.140 e. The predicted octanol–water partition coefficient (Wildman–Crippen LogP) is 3.11. The Balaban J connectivity index is 2.13. The number of ether oxygens (including phenoxy) is 2. The molecule has 3 nitrogen and oxygen atoms in total. The average molecular weight is 247 g/mol. The summed E-state index contributed by atoms with van der Waals surface area (Å²) < 4.78 is 12.0. The van der Waals surface area contributed by atoms with Gasteiger partial charge in [-0.3, -0.25) is 0 Å². The van der Waals surface area contributed by atoms with Crippen LogP contribution in [-0.4, -0.2) is 25.3 Å². The summed E-state index contributed by atoms with van der Waals surface area (Å²) >= 11 is 1.66. The number of fused-ring (bicyclic) bond motifs is 1. The van der Waals surface area contributed by atoms with E-state index < -0.39 is 0 Å². The monoisotopic (exact) mass is 247 g/mol. The highest BCUT2D eigenvalue weighted by Gasteiger charge is 2.12. The van der Waals surface area contributed by atoms with Gasteiger partial charge in [0.05, 0.1) is 36.2 Å². The lowest BCUT2D eigenvalue weighted by atomic mass is 10.1. The van der Waals surface area contributed by atoms with Gasteiger partial charge in [-0.2, -0.15) is 0 Å². The van der Waals surface area contributed by atoms with E-state index in [2.05, 4.69) is 11.1 Å². The van der Waals surface area contributed by atoms with Gasteiger partial charge in [-0.05, 0) is 23.4 Å². The fourth-order valence-corrected chi connectivity index (χ4v) is 2.80. The van der Waals surface area contributed by atoms with Crippen LogP contribution in [0.25, 0.3) is 15.8 Å². The van der Waals surface area contributed by atoms with Gasteiger partial charge in [0, 0.05) is 6.07 Å². The van der Waals surface area contributed by atoms with Crippen molar-refractivity contribution < 1.29 is 9.47 Å². The fourth-order valence-electron chi connectivity index (χ4n) is 1.98. The van der Waals surface area contributed by atoms with E-state index >= 15 is 0 Å². The molecule has 0 unspecified atom stereocenters. The summed E-state index contributed by atoms with van der Waals surface area (Å²) in [6, 6.07) is 4.02. The second-order valence-corrected chi connectivity index (χ2v) is 4.83. The summed E-state index contributed by atoms with van der Waals surface area (Å²) in [6.07, 6.45) is 3.16. The first-order valence-corrected chi connectivity index (χ1v) is 6.46. The molecule has 3 rings (SSSR count). The first kappa shape index (κ1) is 10.7. The van der Waals surface area contributed by atoms with E-state index in [4.69, 9.17) is 9.47 Å². The summed E-state index contributed by atoms with van der Waals surface area (Å²) in [5.41, 5.74) is 3.12. The summed E-state index contributed by atoms with van der Waals surface area (Å²) in [7, 11) is 1.70. The van der Waals surface area contributed by atoms with Gasteiger partial charge in [-0.15, -0.1) is 11.3 Å². The maximum Gasteiger partial charge on any atom is 0.140 e. The van der Waals surface area contributed by atoms with Crippen LogP contribution in [0.1, 0.15) is 12.1 Å². The van der Waals surface area contributed by atoms with E-state index in [0.717, 1.165) is 40.3 Å². The van der Waals surface area contributed by atoms with Gasteiger partial charge in [0.25, 0.3) is 0 Å². The van der Waals surface area contributed by atoms with Crippen LogP contribution in [-0.2, 0) is 4.74 Å². The van der Waals surface area contributed by atoms with E-state index in [0.29, 0.717) is 6.61 Å². The molecular weight excluding hydrogens is 234 g/mol. The molecule has 1 aliphatic heterocycles. The number of thiophene rings is 1. The zero-order valence-corrected chi connectivity index (χ0v) is 10.4. The molecule has 3 heterocycles. The zero-order valence-electron chi connectivity index (χ0n) is 9.60. The van der Waals surface area contributed by atoms with Crippen molar-refractivity contribution in [2.24, 2.45) is 0 Å². The Hall–Kier alpha value is -1.39. The highest BCUT2D eigenvalue weighted by molar-refractivity contribution is 7.17. The first-order valence-electron chi connectivity index (χ1n) is 5.58. The van der Waals surface area contributed by atoms with Crippen LogP contribution < -0.4 is 4.74 Å². The molecule has 0 aliphatic carbocycles. The number of aromatic nitrogens is 1. The molecule has 2 aromatic rings.